The number of aromatic amines is 1. The molecule has 2 aromatic carbocycles. The fourth-order valence-corrected chi connectivity index (χ4v) is 5.53. The highest BCUT2D eigenvalue weighted by Gasteiger charge is 2.41. The number of piperidine rings is 2. The third-order valence-corrected chi connectivity index (χ3v) is 7.73. The summed E-state index contributed by atoms with van der Waals surface area (Å²) in [6, 6.07) is 10.7. The molecule has 0 saturated carbocycles. The Hall–Kier alpha value is -3.01. The first-order chi connectivity index (χ1) is 17.3. The van der Waals surface area contributed by atoms with Crippen LogP contribution in [0.5, 0.6) is 0 Å². The zero-order valence-electron chi connectivity index (χ0n) is 20.1. The summed E-state index contributed by atoms with van der Waals surface area (Å²) in [5.74, 6) is -1.08. The summed E-state index contributed by atoms with van der Waals surface area (Å²) >= 11 is 0. The highest BCUT2D eigenvalue weighted by Crippen LogP contribution is 2.34. The summed E-state index contributed by atoms with van der Waals surface area (Å²) in [6.07, 6.45) is 3.61. The smallest absolute Gasteiger partial charge is 0.321 e. The molecule has 5 rings (SSSR count). The lowest BCUT2D eigenvalue weighted by molar-refractivity contribution is -0.113. The van der Waals surface area contributed by atoms with Crippen LogP contribution in [0.2, 0.25) is 0 Å². The van der Waals surface area contributed by atoms with Gasteiger partial charge in [0.25, 0.3) is 0 Å². The number of fused-ring (bicyclic) bond motifs is 1. The summed E-state index contributed by atoms with van der Waals surface area (Å²) < 4.78 is 26.8. The number of nitrogens with zero attached hydrogens (tertiary/aromatic N) is 2. The minimum Gasteiger partial charge on any atom is -0.389 e. The second kappa shape index (κ2) is 10.2. The van der Waals surface area contributed by atoms with Crippen molar-refractivity contribution in [3.05, 3.63) is 65.9 Å². The van der Waals surface area contributed by atoms with Crippen molar-refractivity contribution in [1.82, 2.24) is 14.8 Å². The van der Waals surface area contributed by atoms with Gasteiger partial charge >= 0.3 is 6.03 Å². The van der Waals surface area contributed by atoms with Gasteiger partial charge < -0.3 is 30.3 Å². The molecule has 9 heteroatoms. The standard InChI is InChI=1S/C27H32F2N4O3/c28-19-13-20(29)15-21(14-19)31-26(35)33-11-7-27(36,8-12-33)25(34)17-32-9-5-18(6-10-32)23-16-30-24-4-2-1-3-22(23)24/h1-4,13-16,18,25,30,34,36H,5-12,17H2,(H,31,35). The van der Waals surface area contributed by atoms with E-state index >= 15 is 0 Å². The van der Waals surface area contributed by atoms with Gasteiger partial charge in [0.2, 0.25) is 0 Å². The summed E-state index contributed by atoms with van der Waals surface area (Å²) in [5.41, 5.74) is 1.25. The van der Waals surface area contributed by atoms with Gasteiger partial charge in [-0.3, -0.25) is 0 Å². The Morgan fingerprint density at radius 1 is 1.08 bits per heavy atom. The van der Waals surface area contributed by atoms with Gasteiger partial charge in [-0.05, 0) is 68.5 Å². The van der Waals surface area contributed by atoms with Crippen LogP contribution in [0.4, 0.5) is 19.3 Å². The molecule has 3 aromatic rings. The van der Waals surface area contributed by atoms with Crippen LogP contribution < -0.4 is 5.32 Å². The van der Waals surface area contributed by atoms with E-state index in [1.54, 1.807) is 0 Å². The van der Waals surface area contributed by atoms with Gasteiger partial charge in [-0.15, -0.1) is 0 Å². The second-order valence-corrected chi connectivity index (χ2v) is 10.1. The van der Waals surface area contributed by atoms with Crippen LogP contribution in [0.15, 0.2) is 48.7 Å². The Balaban J connectivity index is 1.10. The summed E-state index contributed by atoms with van der Waals surface area (Å²) in [5, 5.41) is 25.8. The molecule has 4 N–H and O–H groups in total. The van der Waals surface area contributed by atoms with Crippen molar-refractivity contribution in [1.29, 1.82) is 0 Å². The molecule has 7 nitrogen and oxygen atoms in total. The van der Waals surface area contributed by atoms with Crippen molar-refractivity contribution in [3.8, 4) is 0 Å². The van der Waals surface area contributed by atoms with Crippen molar-refractivity contribution in [2.24, 2.45) is 0 Å². The van der Waals surface area contributed by atoms with Gasteiger partial charge in [0.05, 0.1) is 11.7 Å². The van der Waals surface area contributed by atoms with Crippen LogP contribution in [0, 0.1) is 11.6 Å². The van der Waals surface area contributed by atoms with E-state index in [2.05, 4.69) is 39.6 Å². The molecule has 2 fully saturated rings. The normalized spacial score (nSPS) is 19.9. The fraction of sp³-hybridized carbons (Fsp3) is 0.444. The maximum Gasteiger partial charge on any atom is 0.321 e. The van der Waals surface area contributed by atoms with Crippen molar-refractivity contribution >= 4 is 22.6 Å². The highest BCUT2D eigenvalue weighted by molar-refractivity contribution is 5.89. The zero-order valence-corrected chi connectivity index (χ0v) is 20.1. The van der Waals surface area contributed by atoms with Crippen molar-refractivity contribution in [3.63, 3.8) is 0 Å². The molecule has 0 bridgehead atoms. The molecule has 0 aliphatic carbocycles. The highest BCUT2D eigenvalue weighted by atomic mass is 19.1. The summed E-state index contributed by atoms with van der Waals surface area (Å²) in [6.45, 7) is 2.54. The van der Waals surface area contributed by atoms with Gasteiger partial charge in [-0.2, -0.15) is 0 Å². The molecule has 1 aromatic heterocycles. The second-order valence-electron chi connectivity index (χ2n) is 10.1. The van der Waals surface area contributed by atoms with E-state index in [4.69, 9.17) is 0 Å². The Morgan fingerprint density at radius 3 is 2.44 bits per heavy atom. The molecule has 1 atom stereocenters. The third kappa shape index (κ3) is 5.23. The maximum absolute atomic E-state index is 13.4. The number of aromatic nitrogens is 1. The van der Waals surface area contributed by atoms with Crippen molar-refractivity contribution in [2.45, 2.75) is 43.3 Å². The quantitative estimate of drug-likeness (QED) is 0.427. The minimum absolute atomic E-state index is 0.0365. The van der Waals surface area contributed by atoms with Gasteiger partial charge in [0.15, 0.2) is 0 Å². The SMILES string of the molecule is O=C(Nc1cc(F)cc(F)c1)N1CCC(O)(C(O)CN2CCC(c3c[nH]c4ccccc34)CC2)CC1. The van der Waals surface area contributed by atoms with Gasteiger partial charge in [0.1, 0.15) is 11.6 Å². The first kappa shape index (κ1) is 24.7. The number of carbonyl (C=O) groups excluding carboxylic acids is 1. The topological polar surface area (TPSA) is 91.8 Å². The number of para-hydroxylation sites is 1. The predicted octanol–water partition coefficient (Wildman–Crippen LogP) is 4.05. The van der Waals surface area contributed by atoms with Crippen LogP contribution in [-0.2, 0) is 0 Å². The monoisotopic (exact) mass is 498 g/mol. The first-order valence-corrected chi connectivity index (χ1v) is 12.5. The van der Waals surface area contributed by atoms with Gasteiger partial charge in [-0.25, -0.2) is 13.6 Å². The number of rotatable bonds is 5. The number of halogens is 2. The lowest BCUT2D eigenvalue weighted by atomic mass is 9.84. The number of likely N-dealkylation sites (tertiary alicyclic amines) is 2. The molecular formula is C27H32F2N4O3. The molecule has 192 valence electrons. The average molecular weight is 499 g/mol. The van der Waals surface area contributed by atoms with Crippen LogP contribution in [0.25, 0.3) is 10.9 Å². The van der Waals surface area contributed by atoms with Crippen LogP contribution in [-0.4, -0.2) is 75.5 Å². The number of H-pyrrole nitrogens is 1. The number of aliphatic hydroxyl groups excluding tert-OH is 1. The molecule has 3 heterocycles. The number of nitrogens with one attached hydrogen (secondary N) is 2. The van der Waals surface area contributed by atoms with E-state index in [1.807, 2.05) is 6.07 Å². The number of amides is 2. The Morgan fingerprint density at radius 2 is 1.75 bits per heavy atom. The van der Waals surface area contributed by atoms with E-state index in [-0.39, 0.29) is 31.6 Å². The lowest BCUT2D eigenvalue weighted by Gasteiger charge is -2.43. The minimum atomic E-state index is -1.28. The fourth-order valence-electron chi connectivity index (χ4n) is 5.53. The maximum atomic E-state index is 13.4. The number of carbonyl (C=O) groups is 1. The molecular weight excluding hydrogens is 466 g/mol. The lowest BCUT2D eigenvalue weighted by Crippen LogP contribution is -2.56. The Bertz CT molecular complexity index is 1200. The van der Waals surface area contributed by atoms with Gasteiger partial charge in [0, 0.05) is 48.5 Å². The molecule has 2 aliphatic rings. The van der Waals surface area contributed by atoms with Crippen LogP contribution in [0.1, 0.15) is 37.2 Å². The van der Waals surface area contributed by atoms with Crippen LogP contribution >= 0.6 is 0 Å². The van der Waals surface area contributed by atoms with E-state index in [0.717, 1.165) is 49.6 Å². The number of anilines is 1. The Labute approximate surface area is 208 Å². The van der Waals surface area contributed by atoms with E-state index in [0.29, 0.717) is 12.5 Å². The molecule has 2 aliphatic heterocycles. The molecule has 1 unspecified atom stereocenters. The van der Waals surface area contributed by atoms with E-state index < -0.39 is 29.4 Å². The number of urea groups is 1. The molecule has 2 saturated heterocycles. The number of hydrogen-bond acceptors (Lipinski definition) is 4. The summed E-state index contributed by atoms with van der Waals surface area (Å²) in [7, 11) is 0. The zero-order chi connectivity index (χ0) is 25.3. The largest absolute Gasteiger partial charge is 0.389 e. The molecule has 0 radical (unpaired) electrons. The van der Waals surface area contributed by atoms with Gasteiger partial charge in [-0.1, -0.05) is 18.2 Å². The van der Waals surface area contributed by atoms with E-state index in [1.165, 1.54) is 15.8 Å². The Kier molecular flexibility index (Phi) is 6.96. The molecule has 36 heavy (non-hydrogen) atoms. The third-order valence-electron chi connectivity index (χ3n) is 7.73. The number of β-amino-alcohol motifs (C(OH)–C–C–N with tert-alkyl or cyclic N) is 1. The number of aliphatic hydroxyl groups is 2. The van der Waals surface area contributed by atoms with Crippen molar-refractivity contribution < 1.29 is 23.8 Å². The summed E-state index contributed by atoms with van der Waals surface area (Å²) in [4.78, 5) is 19.6. The molecule has 2 amide bonds. The molecule has 0 spiro atoms. The first-order valence-electron chi connectivity index (χ1n) is 12.5. The predicted molar refractivity (Wildman–Crippen MR) is 134 cm³/mol. The van der Waals surface area contributed by atoms with E-state index in [9.17, 15) is 23.8 Å². The number of hydrogen-bond donors (Lipinski definition) is 4. The van der Waals surface area contributed by atoms with Crippen LogP contribution in [0.3, 0.4) is 0 Å². The van der Waals surface area contributed by atoms with Crippen molar-refractivity contribution in [2.75, 3.05) is 38.0 Å². The number of benzene rings is 2. The average Bonchev–Trinajstić information content (AvgIpc) is 3.28.